The molecule has 0 aliphatic rings. The third-order valence-electron chi connectivity index (χ3n) is 1.09. The van der Waals surface area contributed by atoms with Gasteiger partial charge in [-0.3, -0.25) is 0 Å². The van der Waals surface area contributed by atoms with E-state index in [4.69, 9.17) is 14.6 Å². The van der Waals surface area contributed by atoms with E-state index in [0.29, 0.717) is 20.0 Å². The summed E-state index contributed by atoms with van der Waals surface area (Å²) in [6.45, 7) is 4.59. The lowest BCUT2D eigenvalue weighted by Crippen LogP contribution is -2.24. The summed E-state index contributed by atoms with van der Waals surface area (Å²) in [6.07, 6.45) is 0.757. The second kappa shape index (κ2) is 6.37. The van der Waals surface area contributed by atoms with Crippen LogP contribution in [0.5, 0.6) is 0 Å². The molecule has 0 rings (SSSR count). The third kappa shape index (κ3) is 9.84. The van der Waals surface area contributed by atoms with E-state index in [0.717, 1.165) is 6.42 Å². The fourth-order valence-corrected chi connectivity index (χ4v) is 0.625. The highest BCUT2D eigenvalue weighted by atomic mass is 16.7. The molecular weight excluding hydrogens is 160 g/mol. The first-order valence-corrected chi connectivity index (χ1v) is 3.99. The van der Waals surface area contributed by atoms with Crippen molar-refractivity contribution in [2.75, 3.05) is 27.1 Å². The molecule has 0 aromatic carbocycles. The van der Waals surface area contributed by atoms with Crippen LogP contribution in [-0.2, 0) is 14.2 Å². The largest absolute Gasteiger partial charge is 0.366 e. The number of rotatable bonds is 7. The molecule has 0 aromatic rings. The van der Waals surface area contributed by atoms with Crippen LogP contribution in [0.2, 0.25) is 0 Å². The van der Waals surface area contributed by atoms with Crippen molar-refractivity contribution in [3.63, 3.8) is 0 Å². The molecule has 1 N–H and O–H groups in total. The molecule has 0 fully saturated rings. The first-order valence-electron chi connectivity index (χ1n) is 3.99. The minimum Gasteiger partial charge on any atom is -0.366 e. The SMILES string of the molecule is COCOCCCOC(C)(C)O. The maximum atomic E-state index is 9.13. The van der Waals surface area contributed by atoms with E-state index in [-0.39, 0.29) is 0 Å². The summed E-state index contributed by atoms with van der Waals surface area (Å²) in [5.74, 6) is -1.04. The highest BCUT2D eigenvalue weighted by molar-refractivity contribution is 4.47. The van der Waals surface area contributed by atoms with Crippen LogP contribution < -0.4 is 0 Å². The monoisotopic (exact) mass is 178 g/mol. The van der Waals surface area contributed by atoms with E-state index in [1.807, 2.05) is 0 Å². The highest BCUT2D eigenvalue weighted by Gasteiger charge is 2.10. The molecule has 0 amide bonds. The lowest BCUT2D eigenvalue weighted by molar-refractivity contribution is -0.178. The predicted octanol–water partition coefficient (Wildman–Crippen LogP) is 0.742. The van der Waals surface area contributed by atoms with E-state index < -0.39 is 5.79 Å². The van der Waals surface area contributed by atoms with Crippen LogP contribution in [0.3, 0.4) is 0 Å². The van der Waals surface area contributed by atoms with Gasteiger partial charge in [-0.2, -0.15) is 0 Å². The van der Waals surface area contributed by atoms with Crippen LogP contribution in [0, 0.1) is 0 Å². The minimum absolute atomic E-state index is 0.308. The van der Waals surface area contributed by atoms with Crippen molar-refractivity contribution in [2.45, 2.75) is 26.1 Å². The van der Waals surface area contributed by atoms with Gasteiger partial charge in [0.15, 0.2) is 5.79 Å². The van der Waals surface area contributed by atoms with E-state index in [9.17, 15) is 0 Å². The Morgan fingerprint density at radius 2 is 1.92 bits per heavy atom. The second-order valence-electron chi connectivity index (χ2n) is 2.96. The number of hydrogen-bond acceptors (Lipinski definition) is 4. The standard InChI is InChI=1S/C8H18O4/c1-8(2,9)12-6-4-5-11-7-10-3/h9H,4-7H2,1-3H3. The maximum absolute atomic E-state index is 9.13. The number of aliphatic hydroxyl groups is 1. The second-order valence-corrected chi connectivity index (χ2v) is 2.96. The van der Waals surface area contributed by atoms with Crippen LogP contribution in [-0.4, -0.2) is 38.0 Å². The van der Waals surface area contributed by atoms with Crippen LogP contribution in [0.15, 0.2) is 0 Å². The first kappa shape index (κ1) is 11.8. The Kier molecular flexibility index (Phi) is 6.28. The van der Waals surface area contributed by atoms with Crippen LogP contribution in [0.4, 0.5) is 0 Å². The Bertz CT molecular complexity index is 97.7. The molecular formula is C8H18O4. The van der Waals surface area contributed by atoms with E-state index in [1.165, 1.54) is 0 Å². The van der Waals surface area contributed by atoms with Gasteiger partial charge in [0, 0.05) is 7.11 Å². The Morgan fingerprint density at radius 1 is 1.25 bits per heavy atom. The highest BCUT2D eigenvalue weighted by Crippen LogP contribution is 2.02. The normalized spacial score (nSPS) is 12.0. The summed E-state index contributed by atoms with van der Waals surface area (Å²) in [4.78, 5) is 0. The molecule has 0 saturated carbocycles. The van der Waals surface area contributed by atoms with Gasteiger partial charge < -0.3 is 19.3 Å². The predicted molar refractivity (Wildman–Crippen MR) is 44.7 cm³/mol. The van der Waals surface area contributed by atoms with Crippen LogP contribution in [0.1, 0.15) is 20.3 Å². The zero-order valence-corrected chi connectivity index (χ0v) is 8.00. The van der Waals surface area contributed by atoms with Crippen molar-refractivity contribution in [1.82, 2.24) is 0 Å². The fraction of sp³-hybridized carbons (Fsp3) is 1.00. The van der Waals surface area contributed by atoms with Crippen molar-refractivity contribution in [2.24, 2.45) is 0 Å². The molecule has 12 heavy (non-hydrogen) atoms. The Balaban J connectivity index is 3.01. The van der Waals surface area contributed by atoms with E-state index in [2.05, 4.69) is 4.74 Å². The average Bonchev–Trinajstić information content (AvgIpc) is 1.94. The lowest BCUT2D eigenvalue weighted by atomic mass is 10.4. The molecule has 0 bridgehead atoms. The molecule has 0 atom stereocenters. The van der Waals surface area contributed by atoms with Crippen molar-refractivity contribution < 1.29 is 19.3 Å². The van der Waals surface area contributed by atoms with Gasteiger partial charge in [-0.05, 0) is 20.3 Å². The van der Waals surface area contributed by atoms with Gasteiger partial charge >= 0.3 is 0 Å². The van der Waals surface area contributed by atoms with Gasteiger partial charge in [0.1, 0.15) is 6.79 Å². The summed E-state index contributed by atoms with van der Waals surface area (Å²) in [6, 6.07) is 0. The molecule has 74 valence electrons. The number of hydrogen-bond donors (Lipinski definition) is 1. The molecule has 0 aliphatic carbocycles. The summed E-state index contributed by atoms with van der Waals surface area (Å²) in [5, 5.41) is 9.13. The molecule has 0 spiro atoms. The molecule has 4 heteroatoms. The number of ether oxygens (including phenoxy) is 3. The zero-order valence-electron chi connectivity index (χ0n) is 8.00. The molecule has 4 nitrogen and oxygen atoms in total. The molecule has 0 aromatic heterocycles. The lowest BCUT2D eigenvalue weighted by Gasteiger charge is -2.17. The summed E-state index contributed by atoms with van der Waals surface area (Å²) < 4.78 is 14.7. The number of methoxy groups -OCH3 is 1. The summed E-state index contributed by atoms with van der Waals surface area (Å²) >= 11 is 0. The van der Waals surface area contributed by atoms with E-state index in [1.54, 1.807) is 21.0 Å². The molecule has 0 aliphatic heterocycles. The van der Waals surface area contributed by atoms with Gasteiger partial charge in [-0.25, -0.2) is 0 Å². The maximum Gasteiger partial charge on any atom is 0.159 e. The van der Waals surface area contributed by atoms with E-state index >= 15 is 0 Å². The van der Waals surface area contributed by atoms with Crippen LogP contribution in [0.25, 0.3) is 0 Å². The Morgan fingerprint density at radius 3 is 2.42 bits per heavy atom. The first-order chi connectivity index (χ1) is 5.56. The van der Waals surface area contributed by atoms with Gasteiger partial charge in [0.25, 0.3) is 0 Å². The van der Waals surface area contributed by atoms with Crippen molar-refractivity contribution in [3.8, 4) is 0 Å². The van der Waals surface area contributed by atoms with Gasteiger partial charge in [-0.1, -0.05) is 0 Å². The Hall–Kier alpha value is -0.160. The van der Waals surface area contributed by atoms with Crippen molar-refractivity contribution in [3.05, 3.63) is 0 Å². The van der Waals surface area contributed by atoms with Crippen molar-refractivity contribution >= 4 is 0 Å². The quantitative estimate of drug-likeness (QED) is 0.461. The van der Waals surface area contributed by atoms with Gasteiger partial charge in [0.2, 0.25) is 0 Å². The topological polar surface area (TPSA) is 47.9 Å². The van der Waals surface area contributed by atoms with Crippen LogP contribution >= 0.6 is 0 Å². The minimum atomic E-state index is -1.04. The molecule has 0 heterocycles. The fourth-order valence-electron chi connectivity index (χ4n) is 0.625. The summed E-state index contributed by atoms with van der Waals surface area (Å²) in [7, 11) is 1.58. The molecule has 0 saturated heterocycles. The third-order valence-corrected chi connectivity index (χ3v) is 1.09. The van der Waals surface area contributed by atoms with Gasteiger partial charge in [0.05, 0.1) is 13.2 Å². The average molecular weight is 178 g/mol. The molecule has 0 unspecified atom stereocenters. The smallest absolute Gasteiger partial charge is 0.159 e. The zero-order chi connectivity index (χ0) is 9.45. The molecule has 0 radical (unpaired) electrons. The van der Waals surface area contributed by atoms with Gasteiger partial charge in [-0.15, -0.1) is 0 Å². The summed E-state index contributed by atoms with van der Waals surface area (Å²) in [5.41, 5.74) is 0. The Labute approximate surface area is 73.4 Å². The van der Waals surface area contributed by atoms with Crippen molar-refractivity contribution in [1.29, 1.82) is 0 Å².